The van der Waals surface area contributed by atoms with Gasteiger partial charge in [0.2, 0.25) is 0 Å². The fourth-order valence-electron chi connectivity index (χ4n) is 4.01. The minimum atomic E-state index is -0.370. The molecule has 4 heteroatoms. The van der Waals surface area contributed by atoms with Gasteiger partial charge in [-0.1, -0.05) is 27.2 Å². The summed E-state index contributed by atoms with van der Waals surface area (Å²) in [5, 5.41) is 11.1. The van der Waals surface area contributed by atoms with Crippen molar-refractivity contribution in [3.8, 4) is 0 Å². The summed E-state index contributed by atoms with van der Waals surface area (Å²) >= 11 is 0. The Hall–Kier alpha value is -1.06. The van der Waals surface area contributed by atoms with Gasteiger partial charge in [-0.2, -0.15) is 0 Å². The number of nitrogens with one attached hydrogen (secondary N) is 2. The molecular weight excluding hydrogens is 250 g/mol. The lowest BCUT2D eigenvalue weighted by atomic mass is 9.76. The van der Waals surface area contributed by atoms with Gasteiger partial charge in [0, 0.05) is 6.04 Å². The molecule has 2 fully saturated rings. The van der Waals surface area contributed by atoms with Crippen LogP contribution in [-0.2, 0) is 0 Å². The molecule has 1 aliphatic heterocycles. The summed E-state index contributed by atoms with van der Waals surface area (Å²) in [5.41, 5.74) is -0.0579. The quantitative estimate of drug-likeness (QED) is 0.754. The molecule has 0 radical (unpaired) electrons. The Morgan fingerprint density at radius 2 is 1.95 bits per heavy atom. The third-order valence-corrected chi connectivity index (χ3v) is 5.17. The number of amides is 2. The van der Waals surface area contributed by atoms with E-state index in [0.29, 0.717) is 17.2 Å². The zero-order valence-electron chi connectivity index (χ0n) is 13.5. The fourth-order valence-corrected chi connectivity index (χ4v) is 4.01. The average Bonchev–Trinajstić information content (AvgIpc) is 2.48. The van der Waals surface area contributed by atoms with Crippen molar-refractivity contribution in [2.75, 3.05) is 0 Å². The highest BCUT2D eigenvalue weighted by atomic mass is 16.2. The molecule has 2 N–H and O–H groups in total. The third kappa shape index (κ3) is 2.45. The maximum absolute atomic E-state index is 12.2. The molecule has 2 rings (SSSR count). The summed E-state index contributed by atoms with van der Waals surface area (Å²) in [4.78, 5) is 14.1. The van der Waals surface area contributed by atoms with Crippen LogP contribution in [0.3, 0.4) is 0 Å². The van der Waals surface area contributed by atoms with Gasteiger partial charge in [-0.05, 0) is 50.9 Å². The first-order valence-corrected chi connectivity index (χ1v) is 7.88. The van der Waals surface area contributed by atoms with Crippen LogP contribution in [0.15, 0.2) is 0 Å². The molecule has 1 aliphatic carbocycles. The molecule has 20 heavy (non-hydrogen) atoms. The molecule has 2 amide bonds. The number of carbonyl (C=O) groups excluding carboxylic acids is 1. The van der Waals surface area contributed by atoms with E-state index in [1.807, 2.05) is 18.7 Å². The Labute approximate surface area is 122 Å². The van der Waals surface area contributed by atoms with Gasteiger partial charge in [0.15, 0.2) is 0 Å². The predicted octanol–water partition coefficient (Wildman–Crippen LogP) is 3.76. The van der Waals surface area contributed by atoms with Crippen molar-refractivity contribution in [1.29, 1.82) is 5.41 Å². The summed E-state index contributed by atoms with van der Waals surface area (Å²) in [6.45, 7) is 11.0. The van der Waals surface area contributed by atoms with E-state index in [9.17, 15) is 4.79 Å². The third-order valence-electron chi connectivity index (χ3n) is 5.17. The van der Waals surface area contributed by atoms with Gasteiger partial charge in [0.05, 0.1) is 0 Å². The fraction of sp³-hybridized carbons (Fsp3) is 0.875. The lowest BCUT2D eigenvalue weighted by molar-refractivity contribution is 0.134. The second-order valence-electron chi connectivity index (χ2n) is 7.79. The number of amidine groups is 1. The molecule has 1 heterocycles. The van der Waals surface area contributed by atoms with Crippen LogP contribution in [0, 0.1) is 16.7 Å². The Morgan fingerprint density at radius 1 is 1.30 bits per heavy atom. The number of carbonyl (C=O) groups is 1. The first-order chi connectivity index (χ1) is 9.18. The van der Waals surface area contributed by atoms with Crippen molar-refractivity contribution in [2.45, 2.75) is 78.3 Å². The summed E-state index contributed by atoms with van der Waals surface area (Å²) in [7, 11) is 0. The summed E-state index contributed by atoms with van der Waals surface area (Å²) < 4.78 is 0. The minimum Gasteiger partial charge on any atom is -0.309 e. The zero-order valence-corrected chi connectivity index (χ0v) is 13.5. The standard InChI is InChI=1S/C16H29N3O/c1-11(2)19-14(20)18-13(17)16(19)9-6-7-12(8-10-16)15(3,4)5/h11-12H,6-10H2,1-5H3,(H2,17,18,20). The van der Waals surface area contributed by atoms with E-state index < -0.39 is 0 Å². The topological polar surface area (TPSA) is 56.2 Å². The summed E-state index contributed by atoms with van der Waals surface area (Å²) in [6.07, 6.45) is 5.26. The van der Waals surface area contributed by atoms with E-state index in [-0.39, 0.29) is 17.6 Å². The van der Waals surface area contributed by atoms with Crippen LogP contribution in [0.2, 0.25) is 0 Å². The highest BCUT2D eigenvalue weighted by Gasteiger charge is 2.51. The first kappa shape index (κ1) is 15.3. The van der Waals surface area contributed by atoms with Crippen molar-refractivity contribution in [3.05, 3.63) is 0 Å². The van der Waals surface area contributed by atoms with Crippen LogP contribution in [0.25, 0.3) is 0 Å². The molecule has 2 atom stereocenters. The molecule has 4 nitrogen and oxygen atoms in total. The monoisotopic (exact) mass is 279 g/mol. The molecule has 1 saturated heterocycles. The van der Waals surface area contributed by atoms with Crippen molar-refractivity contribution < 1.29 is 4.79 Å². The molecule has 0 bridgehead atoms. The van der Waals surface area contributed by atoms with Crippen molar-refractivity contribution in [3.63, 3.8) is 0 Å². The van der Waals surface area contributed by atoms with E-state index in [4.69, 9.17) is 5.41 Å². The van der Waals surface area contributed by atoms with Gasteiger partial charge in [-0.25, -0.2) is 4.79 Å². The number of hydrogen-bond donors (Lipinski definition) is 2. The van der Waals surface area contributed by atoms with Gasteiger partial charge in [0.1, 0.15) is 11.4 Å². The van der Waals surface area contributed by atoms with Gasteiger partial charge in [0.25, 0.3) is 0 Å². The van der Waals surface area contributed by atoms with E-state index in [1.54, 1.807) is 0 Å². The van der Waals surface area contributed by atoms with Crippen LogP contribution in [0.4, 0.5) is 4.79 Å². The number of hydrogen-bond acceptors (Lipinski definition) is 2. The second-order valence-corrected chi connectivity index (χ2v) is 7.79. The predicted molar refractivity (Wildman–Crippen MR) is 82.0 cm³/mol. The van der Waals surface area contributed by atoms with Crippen LogP contribution in [0.5, 0.6) is 0 Å². The van der Waals surface area contributed by atoms with Crippen molar-refractivity contribution >= 4 is 11.9 Å². The average molecular weight is 279 g/mol. The number of nitrogens with zero attached hydrogens (tertiary/aromatic N) is 1. The van der Waals surface area contributed by atoms with Crippen molar-refractivity contribution in [2.24, 2.45) is 11.3 Å². The Kier molecular flexibility index (Phi) is 3.87. The molecule has 0 aromatic heterocycles. The van der Waals surface area contributed by atoms with E-state index in [1.165, 1.54) is 6.42 Å². The highest BCUT2D eigenvalue weighted by molar-refractivity contribution is 6.08. The number of urea groups is 1. The molecule has 1 saturated carbocycles. The maximum Gasteiger partial charge on any atom is 0.323 e. The number of rotatable bonds is 1. The van der Waals surface area contributed by atoms with Gasteiger partial charge in [-0.15, -0.1) is 0 Å². The molecule has 2 unspecified atom stereocenters. The molecular formula is C16H29N3O. The smallest absolute Gasteiger partial charge is 0.309 e. The zero-order chi connectivity index (χ0) is 15.1. The minimum absolute atomic E-state index is 0.0841. The van der Waals surface area contributed by atoms with Crippen LogP contribution in [0.1, 0.15) is 66.7 Å². The highest BCUT2D eigenvalue weighted by Crippen LogP contribution is 2.43. The van der Waals surface area contributed by atoms with Gasteiger partial charge < -0.3 is 4.90 Å². The normalized spacial score (nSPS) is 31.9. The van der Waals surface area contributed by atoms with Crippen LogP contribution < -0.4 is 5.32 Å². The first-order valence-electron chi connectivity index (χ1n) is 7.88. The summed E-state index contributed by atoms with van der Waals surface area (Å²) in [5.74, 6) is 1.10. The Bertz CT molecular complexity index is 410. The largest absolute Gasteiger partial charge is 0.323 e. The maximum atomic E-state index is 12.2. The summed E-state index contributed by atoms with van der Waals surface area (Å²) in [6, 6.07) is 0.0586. The molecule has 114 valence electrons. The van der Waals surface area contributed by atoms with Gasteiger partial charge >= 0.3 is 6.03 Å². The Morgan fingerprint density at radius 3 is 2.50 bits per heavy atom. The SMILES string of the molecule is CC(C)N1C(=O)NC(=N)C12CCCC(C(C)(C)C)CC2. The Balaban J connectivity index is 2.26. The molecule has 0 aromatic rings. The molecule has 2 aliphatic rings. The lowest BCUT2D eigenvalue weighted by Gasteiger charge is -2.39. The second kappa shape index (κ2) is 5.05. The molecule has 1 spiro atoms. The van der Waals surface area contributed by atoms with Crippen molar-refractivity contribution in [1.82, 2.24) is 10.2 Å². The van der Waals surface area contributed by atoms with E-state index in [0.717, 1.165) is 25.7 Å². The van der Waals surface area contributed by atoms with Crippen LogP contribution >= 0.6 is 0 Å². The van der Waals surface area contributed by atoms with E-state index >= 15 is 0 Å². The lowest BCUT2D eigenvalue weighted by Crippen LogP contribution is -2.52. The van der Waals surface area contributed by atoms with Gasteiger partial charge in [-0.3, -0.25) is 10.7 Å². The van der Waals surface area contributed by atoms with Crippen LogP contribution in [-0.4, -0.2) is 28.3 Å². The van der Waals surface area contributed by atoms with E-state index in [2.05, 4.69) is 26.1 Å². The molecule has 0 aromatic carbocycles.